The molecule has 5 rings (SSSR count). The number of hydrogen-bond acceptors (Lipinski definition) is 6. The molecule has 3 aromatic rings. The van der Waals surface area contributed by atoms with Crippen molar-refractivity contribution in [2.75, 3.05) is 23.4 Å². The summed E-state index contributed by atoms with van der Waals surface area (Å²) in [7, 11) is 1.71. The lowest BCUT2D eigenvalue weighted by Gasteiger charge is -2.32. The highest BCUT2D eigenvalue weighted by atomic mass is 32.1. The fourth-order valence-electron chi connectivity index (χ4n) is 4.10. The van der Waals surface area contributed by atoms with Crippen LogP contribution in [0, 0.1) is 0 Å². The minimum atomic E-state index is -0.625. The van der Waals surface area contributed by atoms with Crippen molar-refractivity contribution >= 4 is 40.2 Å². The number of anilines is 3. The number of ether oxygens (including phenoxy) is 1. The van der Waals surface area contributed by atoms with Gasteiger partial charge in [-0.2, -0.15) is 11.3 Å². The first-order valence-corrected chi connectivity index (χ1v) is 10.3. The largest absolute Gasteiger partial charge is 0.381 e. The summed E-state index contributed by atoms with van der Waals surface area (Å²) < 4.78 is 7.02. The Bertz CT molecular complexity index is 1090. The average Bonchev–Trinajstić information content (AvgIpc) is 3.45. The first-order chi connectivity index (χ1) is 14.1. The molecule has 0 atom stereocenters. The normalized spacial score (nSPS) is 17.6. The second-order valence-corrected chi connectivity index (χ2v) is 8.02. The van der Waals surface area contributed by atoms with E-state index in [1.54, 1.807) is 23.3 Å². The molecule has 29 heavy (non-hydrogen) atoms. The van der Waals surface area contributed by atoms with Crippen molar-refractivity contribution in [1.82, 2.24) is 14.8 Å². The fourth-order valence-corrected chi connectivity index (χ4v) is 4.72. The molecule has 0 radical (unpaired) electrons. The summed E-state index contributed by atoms with van der Waals surface area (Å²) in [5.41, 5.74) is 2.67. The molecule has 1 aromatic carbocycles. The molecule has 2 aliphatic rings. The predicted molar refractivity (Wildman–Crippen MR) is 109 cm³/mol. The summed E-state index contributed by atoms with van der Waals surface area (Å²) >= 11 is 1.56. The number of aryl methyl sites for hydroxylation is 1. The molecule has 4 heterocycles. The molecule has 0 bridgehead atoms. The van der Waals surface area contributed by atoms with Crippen LogP contribution in [0.15, 0.2) is 41.4 Å². The smallest absolute Gasteiger partial charge is 0.295 e. The van der Waals surface area contributed by atoms with Crippen molar-refractivity contribution in [3.8, 4) is 0 Å². The standard InChI is InChI=1S/C20H19N5O3S/c1-24-12-21-17(23-24)18(26)22-13-2-3-16-15(10-13)20(5-7-28-8-6-20)19(27)25(16)14-4-9-29-11-14/h2-4,9-12H,5-8H2,1H3,(H,22,26). The van der Waals surface area contributed by atoms with Crippen LogP contribution in [-0.2, 0) is 22.0 Å². The lowest BCUT2D eigenvalue weighted by Crippen LogP contribution is -2.42. The second-order valence-electron chi connectivity index (χ2n) is 7.24. The average molecular weight is 409 g/mol. The van der Waals surface area contributed by atoms with E-state index in [2.05, 4.69) is 15.4 Å². The number of benzene rings is 1. The number of nitrogens with one attached hydrogen (secondary N) is 1. The first kappa shape index (κ1) is 18.0. The maximum absolute atomic E-state index is 13.6. The van der Waals surface area contributed by atoms with Crippen LogP contribution >= 0.6 is 11.3 Å². The Hall–Kier alpha value is -3.04. The van der Waals surface area contributed by atoms with E-state index >= 15 is 0 Å². The Kier molecular flexibility index (Phi) is 4.21. The van der Waals surface area contributed by atoms with Gasteiger partial charge in [0.1, 0.15) is 6.33 Å². The molecule has 9 heteroatoms. The van der Waals surface area contributed by atoms with Crippen LogP contribution in [0.5, 0.6) is 0 Å². The molecule has 0 saturated carbocycles. The molecule has 2 aliphatic heterocycles. The fraction of sp³-hybridized carbons (Fsp3) is 0.300. The molecule has 8 nitrogen and oxygen atoms in total. The number of fused-ring (bicyclic) bond motifs is 2. The second kappa shape index (κ2) is 6.78. The van der Waals surface area contributed by atoms with E-state index in [1.807, 2.05) is 35.0 Å². The Labute approximate surface area is 171 Å². The number of hydrogen-bond donors (Lipinski definition) is 1. The molecule has 2 amide bonds. The van der Waals surface area contributed by atoms with Crippen molar-refractivity contribution in [2.24, 2.45) is 7.05 Å². The van der Waals surface area contributed by atoms with Gasteiger partial charge in [-0.15, -0.1) is 5.10 Å². The Morgan fingerprint density at radius 2 is 2.10 bits per heavy atom. The third-order valence-electron chi connectivity index (χ3n) is 5.54. The summed E-state index contributed by atoms with van der Waals surface area (Å²) in [5, 5.41) is 10.8. The Balaban J connectivity index is 1.55. The van der Waals surface area contributed by atoms with Gasteiger partial charge in [0.15, 0.2) is 0 Å². The number of thiophene rings is 1. The zero-order valence-corrected chi connectivity index (χ0v) is 16.6. The number of rotatable bonds is 3. The highest BCUT2D eigenvalue weighted by Gasteiger charge is 2.52. The summed E-state index contributed by atoms with van der Waals surface area (Å²) in [6.45, 7) is 1.08. The molecule has 0 aliphatic carbocycles. The van der Waals surface area contributed by atoms with Gasteiger partial charge in [0.25, 0.3) is 5.91 Å². The first-order valence-electron chi connectivity index (χ1n) is 9.34. The van der Waals surface area contributed by atoms with Gasteiger partial charge in [0, 0.05) is 31.3 Å². The van der Waals surface area contributed by atoms with Crippen molar-refractivity contribution in [3.63, 3.8) is 0 Å². The van der Waals surface area contributed by atoms with E-state index in [1.165, 1.54) is 11.0 Å². The Morgan fingerprint density at radius 3 is 2.79 bits per heavy atom. The SMILES string of the molecule is Cn1cnc(C(=O)Nc2ccc3c(c2)C2(CCOCC2)C(=O)N3c2ccsc2)n1. The number of amides is 2. The minimum Gasteiger partial charge on any atom is -0.381 e. The van der Waals surface area contributed by atoms with E-state index in [9.17, 15) is 9.59 Å². The summed E-state index contributed by atoms with van der Waals surface area (Å²) in [6, 6.07) is 7.57. The van der Waals surface area contributed by atoms with E-state index in [0.29, 0.717) is 31.7 Å². The number of aromatic nitrogens is 3. The molecule has 0 unspecified atom stereocenters. The van der Waals surface area contributed by atoms with Crippen LogP contribution in [0.4, 0.5) is 17.1 Å². The van der Waals surface area contributed by atoms with Crippen molar-refractivity contribution in [3.05, 3.63) is 52.7 Å². The maximum atomic E-state index is 13.6. The number of nitrogens with zero attached hydrogens (tertiary/aromatic N) is 4. The van der Waals surface area contributed by atoms with Crippen LogP contribution < -0.4 is 10.2 Å². The summed E-state index contributed by atoms with van der Waals surface area (Å²) in [6.07, 6.45) is 2.73. The van der Waals surface area contributed by atoms with Crippen molar-refractivity contribution in [1.29, 1.82) is 0 Å². The van der Waals surface area contributed by atoms with E-state index in [4.69, 9.17) is 4.74 Å². The molecule has 1 N–H and O–H groups in total. The number of carbonyl (C=O) groups is 2. The van der Waals surface area contributed by atoms with Crippen LogP contribution in [0.3, 0.4) is 0 Å². The molecule has 1 saturated heterocycles. The quantitative estimate of drug-likeness (QED) is 0.719. The van der Waals surface area contributed by atoms with Gasteiger partial charge < -0.3 is 10.1 Å². The zero-order valence-electron chi connectivity index (χ0n) is 15.8. The number of carbonyl (C=O) groups excluding carboxylic acids is 2. The lowest BCUT2D eigenvalue weighted by atomic mass is 9.75. The predicted octanol–water partition coefficient (Wildman–Crippen LogP) is 2.86. The molecule has 2 aromatic heterocycles. The summed E-state index contributed by atoms with van der Waals surface area (Å²) in [4.78, 5) is 31.8. The minimum absolute atomic E-state index is 0.0732. The topological polar surface area (TPSA) is 89.3 Å². The highest BCUT2D eigenvalue weighted by Crippen LogP contribution is 2.51. The third kappa shape index (κ3) is 2.85. The van der Waals surface area contributed by atoms with Crippen LogP contribution in [0.1, 0.15) is 29.0 Å². The van der Waals surface area contributed by atoms with E-state index < -0.39 is 5.41 Å². The molecule has 1 fully saturated rings. The molecular formula is C20H19N5O3S. The lowest BCUT2D eigenvalue weighted by molar-refractivity contribution is -0.125. The van der Waals surface area contributed by atoms with Gasteiger partial charge in [-0.1, -0.05) is 0 Å². The van der Waals surface area contributed by atoms with Gasteiger partial charge in [0.2, 0.25) is 11.7 Å². The van der Waals surface area contributed by atoms with E-state index in [-0.39, 0.29) is 17.6 Å². The van der Waals surface area contributed by atoms with E-state index in [0.717, 1.165) is 16.9 Å². The van der Waals surface area contributed by atoms with Crippen LogP contribution in [-0.4, -0.2) is 39.8 Å². The monoisotopic (exact) mass is 409 g/mol. The van der Waals surface area contributed by atoms with Gasteiger partial charge in [0.05, 0.1) is 16.8 Å². The van der Waals surface area contributed by atoms with Gasteiger partial charge >= 0.3 is 0 Å². The summed E-state index contributed by atoms with van der Waals surface area (Å²) in [5.74, 6) is -0.209. The van der Waals surface area contributed by atoms with Crippen LogP contribution in [0.2, 0.25) is 0 Å². The van der Waals surface area contributed by atoms with Gasteiger partial charge in [-0.3, -0.25) is 19.2 Å². The van der Waals surface area contributed by atoms with Gasteiger partial charge in [-0.05, 0) is 48.1 Å². The molecule has 148 valence electrons. The Morgan fingerprint density at radius 1 is 1.28 bits per heavy atom. The molecule has 1 spiro atoms. The van der Waals surface area contributed by atoms with Gasteiger partial charge in [-0.25, -0.2) is 4.98 Å². The maximum Gasteiger partial charge on any atom is 0.295 e. The zero-order chi connectivity index (χ0) is 20.0. The molecular weight excluding hydrogens is 390 g/mol. The van der Waals surface area contributed by atoms with Crippen molar-refractivity contribution < 1.29 is 14.3 Å². The van der Waals surface area contributed by atoms with Crippen molar-refractivity contribution in [2.45, 2.75) is 18.3 Å². The van der Waals surface area contributed by atoms with Crippen LogP contribution in [0.25, 0.3) is 0 Å². The highest BCUT2D eigenvalue weighted by molar-refractivity contribution is 7.08. The third-order valence-corrected chi connectivity index (χ3v) is 6.21.